The number of primary sulfonamides is 1. The zero-order valence-corrected chi connectivity index (χ0v) is 14.0. The molecular formula is C19H23NO2S. The molecule has 0 aromatic heterocycles. The predicted molar refractivity (Wildman–Crippen MR) is 92.7 cm³/mol. The second kappa shape index (κ2) is 6.85. The van der Waals surface area contributed by atoms with Crippen LogP contribution in [0.3, 0.4) is 0 Å². The van der Waals surface area contributed by atoms with E-state index in [-0.39, 0.29) is 4.90 Å². The van der Waals surface area contributed by atoms with Gasteiger partial charge < -0.3 is 0 Å². The number of hydrogen-bond donors (Lipinski definition) is 1. The molecule has 2 aromatic carbocycles. The highest BCUT2D eigenvalue weighted by Crippen LogP contribution is 2.36. The first-order valence-corrected chi connectivity index (χ1v) is 9.74. The first-order valence-electron chi connectivity index (χ1n) is 8.19. The van der Waals surface area contributed by atoms with Crippen LogP contribution in [0, 0.1) is 5.92 Å². The molecule has 122 valence electrons. The maximum atomic E-state index is 11.3. The summed E-state index contributed by atoms with van der Waals surface area (Å²) in [6, 6.07) is 17.8. The van der Waals surface area contributed by atoms with E-state index in [9.17, 15) is 8.42 Å². The van der Waals surface area contributed by atoms with Gasteiger partial charge in [-0.2, -0.15) is 0 Å². The summed E-state index contributed by atoms with van der Waals surface area (Å²) in [7, 11) is -3.59. The molecule has 1 aliphatic carbocycles. The molecule has 23 heavy (non-hydrogen) atoms. The summed E-state index contributed by atoms with van der Waals surface area (Å²) in [4.78, 5) is 0.189. The molecule has 0 amide bonds. The van der Waals surface area contributed by atoms with Gasteiger partial charge in [-0.05, 0) is 67.2 Å². The van der Waals surface area contributed by atoms with Crippen LogP contribution in [0.15, 0.2) is 59.5 Å². The first-order chi connectivity index (χ1) is 11.0. The molecule has 3 nitrogen and oxygen atoms in total. The van der Waals surface area contributed by atoms with Gasteiger partial charge in [0, 0.05) is 0 Å². The Labute approximate surface area is 138 Å². The van der Waals surface area contributed by atoms with Gasteiger partial charge in [0.25, 0.3) is 0 Å². The normalized spacial score (nSPS) is 22.0. The van der Waals surface area contributed by atoms with Crippen molar-refractivity contribution in [3.63, 3.8) is 0 Å². The molecule has 0 spiro atoms. The van der Waals surface area contributed by atoms with Crippen molar-refractivity contribution in [1.82, 2.24) is 0 Å². The molecule has 1 aliphatic rings. The summed E-state index contributed by atoms with van der Waals surface area (Å²) >= 11 is 0. The molecule has 1 saturated carbocycles. The topological polar surface area (TPSA) is 60.2 Å². The summed E-state index contributed by atoms with van der Waals surface area (Å²) in [5, 5.41) is 5.13. The lowest BCUT2D eigenvalue weighted by atomic mass is 9.77. The van der Waals surface area contributed by atoms with Gasteiger partial charge in [-0.15, -0.1) is 0 Å². The monoisotopic (exact) mass is 329 g/mol. The van der Waals surface area contributed by atoms with Gasteiger partial charge in [0.05, 0.1) is 4.90 Å². The Hall–Kier alpha value is -1.65. The molecule has 0 radical (unpaired) electrons. The summed E-state index contributed by atoms with van der Waals surface area (Å²) in [5.41, 5.74) is 2.66. The predicted octanol–water partition coefficient (Wildman–Crippen LogP) is 3.85. The van der Waals surface area contributed by atoms with Gasteiger partial charge in [-0.3, -0.25) is 0 Å². The Morgan fingerprint density at radius 1 is 0.870 bits per heavy atom. The first kappa shape index (κ1) is 16.2. The highest BCUT2D eigenvalue weighted by molar-refractivity contribution is 7.89. The standard InChI is InChI=1S/C19H23NO2S/c20-23(21,22)19-12-8-16(9-13-19)14-15-6-10-18(11-7-15)17-4-2-1-3-5-17/h1-5,8-9,12-13,15,18H,6-7,10-11,14H2,(H2,20,21,22). The van der Waals surface area contributed by atoms with E-state index in [1.54, 1.807) is 12.1 Å². The lowest BCUT2D eigenvalue weighted by Gasteiger charge is -2.29. The fraction of sp³-hybridized carbons (Fsp3) is 0.368. The minimum absolute atomic E-state index is 0.189. The highest BCUT2D eigenvalue weighted by Gasteiger charge is 2.22. The third-order valence-electron chi connectivity index (χ3n) is 4.89. The molecule has 2 N–H and O–H groups in total. The van der Waals surface area contributed by atoms with E-state index in [4.69, 9.17) is 5.14 Å². The molecule has 0 saturated heterocycles. The molecule has 2 aromatic rings. The molecule has 4 heteroatoms. The molecule has 1 fully saturated rings. The van der Waals surface area contributed by atoms with Crippen LogP contribution in [0.2, 0.25) is 0 Å². The molecule has 0 aliphatic heterocycles. The smallest absolute Gasteiger partial charge is 0.225 e. The third-order valence-corrected chi connectivity index (χ3v) is 5.82. The van der Waals surface area contributed by atoms with Crippen LogP contribution in [-0.4, -0.2) is 8.42 Å². The Morgan fingerprint density at radius 2 is 1.48 bits per heavy atom. The second-order valence-electron chi connectivity index (χ2n) is 6.52. The minimum Gasteiger partial charge on any atom is -0.225 e. The van der Waals surface area contributed by atoms with Crippen molar-refractivity contribution in [3.05, 3.63) is 65.7 Å². The van der Waals surface area contributed by atoms with Gasteiger partial charge in [0.1, 0.15) is 0 Å². The van der Waals surface area contributed by atoms with Crippen molar-refractivity contribution in [2.75, 3.05) is 0 Å². The number of sulfonamides is 1. The van der Waals surface area contributed by atoms with Crippen LogP contribution in [0.25, 0.3) is 0 Å². The van der Waals surface area contributed by atoms with Crippen LogP contribution < -0.4 is 5.14 Å². The number of benzene rings is 2. The number of nitrogens with two attached hydrogens (primary N) is 1. The van der Waals surface area contributed by atoms with Crippen molar-refractivity contribution in [3.8, 4) is 0 Å². The average Bonchev–Trinajstić information content (AvgIpc) is 2.56. The van der Waals surface area contributed by atoms with Gasteiger partial charge in [-0.1, -0.05) is 42.5 Å². The quantitative estimate of drug-likeness (QED) is 0.926. The maximum absolute atomic E-state index is 11.3. The van der Waals surface area contributed by atoms with Crippen molar-refractivity contribution in [2.24, 2.45) is 11.1 Å². The fourth-order valence-corrected chi connectivity index (χ4v) is 4.09. The lowest BCUT2D eigenvalue weighted by Crippen LogP contribution is -2.15. The van der Waals surface area contributed by atoms with Gasteiger partial charge >= 0.3 is 0 Å². The number of rotatable bonds is 4. The van der Waals surface area contributed by atoms with Gasteiger partial charge in [0.2, 0.25) is 10.0 Å². The van der Waals surface area contributed by atoms with E-state index in [0.717, 1.165) is 6.42 Å². The molecule has 0 unspecified atom stereocenters. The lowest BCUT2D eigenvalue weighted by molar-refractivity contribution is 0.324. The fourth-order valence-electron chi connectivity index (χ4n) is 3.57. The van der Waals surface area contributed by atoms with E-state index < -0.39 is 10.0 Å². The number of hydrogen-bond acceptors (Lipinski definition) is 2. The van der Waals surface area contributed by atoms with Crippen LogP contribution in [0.1, 0.15) is 42.7 Å². The Balaban J connectivity index is 1.57. The zero-order valence-electron chi connectivity index (χ0n) is 13.2. The molecule has 0 heterocycles. The largest absolute Gasteiger partial charge is 0.238 e. The SMILES string of the molecule is NS(=O)(=O)c1ccc(CC2CCC(c3ccccc3)CC2)cc1. The van der Waals surface area contributed by atoms with Crippen LogP contribution in [0.4, 0.5) is 0 Å². The molecule has 0 bridgehead atoms. The molecule has 3 rings (SSSR count). The molecule has 0 atom stereocenters. The Bertz CT molecular complexity index is 731. The van der Waals surface area contributed by atoms with Crippen molar-refractivity contribution in [1.29, 1.82) is 0 Å². The van der Waals surface area contributed by atoms with E-state index in [1.807, 2.05) is 12.1 Å². The summed E-state index contributed by atoms with van der Waals surface area (Å²) in [6.45, 7) is 0. The highest BCUT2D eigenvalue weighted by atomic mass is 32.2. The van der Waals surface area contributed by atoms with Crippen molar-refractivity contribution in [2.45, 2.75) is 42.9 Å². The van der Waals surface area contributed by atoms with Crippen molar-refractivity contribution >= 4 is 10.0 Å². The Morgan fingerprint density at radius 3 is 2.04 bits per heavy atom. The summed E-state index contributed by atoms with van der Waals surface area (Å²) in [5.74, 6) is 1.38. The van der Waals surface area contributed by atoms with Crippen LogP contribution in [0.5, 0.6) is 0 Å². The van der Waals surface area contributed by atoms with E-state index in [0.29, 0.717) is 11.8 Å². The van der Waals surface area contributed by atoms with Gasteiger partial charge in [0.15, 0.2) is 0 Å². The maximum Gasteiger partial charge on any atom is 0.238 e. The van der Waals surface area contributed by atoms with Gasteiger partial charge in [-0.25, -0.2) is 13.6 Å². The Kier molecular flexibility index (Phi) is 4.83. The summed E-state index contributed by atoms with van der Waals surface area (Å²) in [6.07, 6.45) is 5.97. The third kappa shape index (κ3) is 4.21. The minimum atomic E-state index is -3.59. The summed E-state index contributed by atoms with van der Waals surface area (Å²) < 4.78 is 22.6. The van der Waals surface area contributed by atoms with E-state index in [2.05, 4.69) is 30.3 Å². The van der Waals surface area contributed by atoms with Crippen molar-refractivity contribution < 1.29 is 8.42 Å². The van der Waals surface area contributed by atoms with E-state index >= 15 is 0 Å². The average molecular weight is 329 g/mol. The van der Waals surface area contributed by atoms with Crippen LogP contribution >= 0.6 is 0 Å². The zero-order chi connectivity index (χ0) is 16.3. The molecular weight excluding hydrogens is 306 g/mol. The van der Waals surface area contributed by atoms with E-state index in [1.165, 1.54) is 36.8 Å². The van der Waals surface area contributed by atoms with Crippen LogP contribution in [-0.2, 0) is 16.4 Å². The second-order valence-corrected chi connectivity index (χ2v) is 8.08.